The molecule has 0 amide bonds. The first-order valence-electron chi connectivity index (χ1n) is 25.9. The molecule has 2 N–H and O–H groups in total. The average molecular weight is 1090 g/mol. The van der Waals surface area contributed by atoms with E-state index in [9.17, 15) is 19.8 Å². The van der Waals surface area contributed by atoms with Gasteiger partial charge < -0.3 is 28.5 Å². The van der Waals surface area contributed by atoms with Crippen molar-refractivity contribution in [1.29, 1.82) is 0 Å². The number of nitrogens with zero attached hydrogens (tertiary/aromatic N) is 6. The molecule has 78 heavy (non-hydrogen) atoms. The highest BCUT2D eigenvalue weighted by Crippen LogP contribution is 2.44. The number of aromatic nitrogens is 6. The van der Waals surface area contributed by atoms with Crippen molar-refractivity contribution in [2.75, 3.05) is 13.2 Å². The van der Waals surface area contributed by atoms with Gasteiger partial charge in [-0.15, -0.1) is 20.4 Å². The summed E-state index contributed by atoms with van der Waals surface area (Å²) in [6, 6.07) is 23.7. The molecule has 8 bridgehead atoms. The van der Waals surface area contributed by atoms with E-state index < -0.39 is 0 Å². The number of fused-ring (bicyclic) bond motifs is 8. The number of carbonyl (C=O) groups excluding carboxylic acids is 2. The van der Waals surface area contributed by atoms with E-state index in [0.717, 1.165) is 68.0 Å². The van der Waals surface area contributed by atoms with Crippen LogP contribution < -0.4 is 9.47 Å². The Bertz CT molecular complexity index is 3200. The van der Waals surface area contributed by atoms with Crippen molar-refractivity contribution < 1.29 is 38.1 Å². The molecule has 404 valence electrons. The van der Waals surface area contributed by atoms with E-state index in [2.05, 4.69) is 162 Å². The Labute approximate surface area is 464 Å². The first-order chi connectivity index (χ1) is 36.8. The first kappa shape index (κ1) is 55.5. The van der Waals surface area contributed by atoms with Crippen molar-refractivity contribution in [3.05, 3.63) is 164 Å². The molecule has 0 saturated carbocycles. The van der Waals surface area contributed by atoms with Gasteiger partial charge in [-0.25, -0.2) is 0 Å². The van der Waals surface area contributed by atoms with E-state index >= 15 is 0 Å². The number of phenols is 2. The van der Waals surface area contributed by atoms with Gasteiger partial charge in [-0.2, -0.15) is 0 Å². The maximum Gasteiger partial charge on any atom is 0.284 e. The third kappa shape index (κ3) is 12.8. The fourth-order valence-electron chi connectivity index (χ4n) is 9.25. The number of rotatable bonds is 10. The molecule has 4 aromatic carbocycles. The summed E-state index contributed by atoms with van der Waals surface area (Å²) >= 11 is 1.59. The number of hydrogen-bond donors (Lipinski definition) is 2. The molecule has 9 rings (SSSR count). The highest BCUT2D eigenvalue weighted by atomic mass is 32.2. The average Bonchev–Trinajstić information content (AvgIpc) is 4.04. The third-order valence-electron chi connectivity index (χ3n) is 13.7. The van der Waals surface area contributed by atoms with Gasteiger partial charge in [0.05, 0.1) is 11.1 Å². The quantitative estimate of drug-likeness (QED) is 0.123. The zero-order valence-corrected chi connectivity index (χ0v) is 48.0. The molecule has 0 unspecified atom stereocenters. The van der Waals surface area contributed by atoms with Gasteiger partial charge in [-0.05, 0) is 113 Å². The molecule has 0 fully saturated rings. The zero-order chi connectivity index (χ0) is 55.9. The summed E-state index contributed by atoms with van der Waals surface area (Å²) in [7, 11) is 0. The molecule has 0 atom stereocenters. The fourth-order valence-corrected chi connectivity index (χ4v) is 10.3. The number of benzene rings is 4. The summed E-state index contributed by atoms with van der Waals surface area (Å²) in [5.74, 6) is 1.64. The summed E-state index contributed by atoms with van der Waals surface area (Å²) in [5, 5.41) is 41.4. The number of ether oxygens (including phenoxy) is 2. The van der Waals surface area contributed by atoms with Crippen LogP contribution in [0.15, 0.2) is 117 Å². The van der Waals surface area contributed by atoms with Crippen molar-refractivity contribution in [2.45, 2.75) is 141 Å². The van der Waals surface area contributed by atoms with Crippen LogP contribution in [-0.2, 0) is 56.9 Å². The Balaban J connectivity index is 1.19. The van der Waals surface area contributed by atoms with E-state index in [4.69, 9.17) is 18.3 Å². The topological polar surface area (TPSA) is 197 Å². The van der Waals surface area contributed by atoms with Crippen LogP contribution in [0.1, 0.15) is 150 Å². The van der Waals surface area contributed by atoms with Crippen LogP contribution in [-0.4, -0.2) is 64.0 Å². The largest absolute Gasteiger partial charge is 0.507 e. The Morgan fingerprint density at radius 1 is 0.474 bits per heavy atom. The fraction of sp³-hybridized carbons (Fsp3) is 0.355. The Hall–Kier alpha value is -7.30. The lowest BCUT2D eigenvalue weighted by Crippen LogP contribution is -2.18. The number of thioether (sulfide) groups is 2. The maximum absolute atomic E-state index is 13.9. The monoisotopic (exact) mass is 1090 g/mol. The van der Waals surface area contributed by atoms with E-state index in [0.29, 0.717) is 44.9 Å². The second-order valence-electron chi connectivity index (χ2n) is 24.0. The number of pyridine rings is 2. The van der Waals surface area contributed by atoms with E-state index in [-0.39, 0.29) is 105 Å². The first-order valence-corrected chi connectivity index (χ1v) is 27.6. The van der Waals surface area contributed by atoms with Crippen LogP contribution in [0.25, 0.3) is 22.9 Å². The van der Waals surface area contributed by atoms with Crippen molar-refractivity contribution in [3.8, 4) is 45.9 Å². The maximum atomic E-state index is 13.9. The minimum absolute atomic E-state index is 0.0679. The second-order valence-corrected chi connectivity index (χ2v) is 26.0. The molecule has 16 heteroatoms. The normalized spacial score (nSPS) is 13.1. The van der Waals surface area contributed by atoms with Crippen LogP contribution in [0.3, 0.4) is 0 Å². The molecule has 8 aromatic rings. The lowest BCUT2D eigenvalue weighted by molar-refractivity contribution is -0.113. The predicted octanol–water partition coefficient (Wildman–Crippen LogP) is 13.2. The van der Waals surface area contributed by atoms with Gasteiger partial charge >= 0.3 is 0 Å². The SMILES string of the molecule is CC(C)(C)c1cc2c(O)c(c1)Cc1cc(C(C)(C)C)cc(c1OCC(=O)Sc1nnc(-c3cccnc3)o1)Cc1cc(C(C)(C)C)cc(c1O)Cc1cc(C(C)(C)C)cc(c1OCC(=O)Sc1nnc(-c3cccnc3)o1)C2. The van der Waals surface area contributed by atoms with Crippen LogP contribution >= 0.6 is 23.5 Å². The molecular weight excluding hydrogens is 1020 g/mol. The number of carbonyl (C=O) groups is 2. The van der Waals surface area contributed by atoms with Gasteiger partial charge in [0.15, 0.2) is 13.2 Å². The molecule has 4 aromatic heterocycles. The minimum atomic E-state index is -0.367. The summed E-state index contributed by atoms with van der Waals surface area (Å²) in [6.45, 7) is 25.0. The Morgan fingerprint density at radius 3 is 1.04 bits per heavy atom. The van der Waals surface area contributed by atoms with Gasteiger partial charge in [-0.3, -0.25) is 19.6 Å². The lowest BCUT2D eigenvalue weighted by atomic mass is 9.79. The third-order valence-corrected chi connectivity index (χ3v) is 15.1. The van der Waals surface area contributed by atoms with Crippen molar-refractivity contribution >= 4 is 33.8 Å². The number of hydrogen-bond acceptors (Lipinski definition) is 16. The van der Waals surface area contributed by atoms with Gasteiger partial charge in [0.1, 0.15) is 23.0 Å². The van der Waals surface area contributed by atoms with Crippen LogP contribution in [0.5, 0.6) is 23.0 Å². The second kappa shape index (κ2) is 21.9. The lowest BCUT2D eigenvalue weighted by Gasteiger charge is -2.28. The van der Waals surface area contributed by atoms with Crippen LogP contribution in [0.4, 0.5) is 0 Å². The summed E-state index contributed by atoms with van der Waals surface area (Å²) in [5.41, 5.74) is 9.57. The molecular formula is C62H66N6O8S2. The van der Waals surface area contributed by atoms with Crippen molar-refractivity contribution in [2.24, 2.45) is 0 Å². The highest BCUT2D eigenvalue weighted by molar-refractivity contribution is 8.13. The number of phenolic OH excluding ortho intramolecular Hbond substituents is 2. The van der Waals surface area contributed by atoms with Gasteiger partial charge in [0, 0.05) is 74.0 Å². The molecule has 1 aliphatic rings. The molecule has 14 nitrogen and oxygen atoms in total. The minimum Gasteiger partial charge on any atom is -0.507 e. The molecule has 1 aliphatic carbocycles. The molecule has 0 saturated heterocycles. The van der Waals surface area contributed by atoms with E-state index in [1.165, 1.54) is 0 Å². The van der Waals surface area contributed by atoms with Crippen LogP contribution in [0, 0.1) is 0 Å². The van der Waals surface area contributed by atoms with E-state index in [1.54, 1.807) is 49.1 Å². The standard InChI is InChI=1S/C62H66N6O8S2/c1-59(2,3)45-23-37-19-41-27-47(61(7,8)9)29-43(53(41)73-33-49(69)77-57-67-65-55(75-57)35-15-13-17-63-31-35)21-39-25-46(60(4,5)6)26-40(52(39)72)22-44-30-48(62(10,11)12)28-42(20-38(24-45)51(37)71)54(44)74-34-50(70)78-58-68-66-56(76-58)36-16-14-18-64-32-36/h13-18,23-32,71-72H,19-22,33-34H2,1-12H3. The number of aromatic hydroxyl groups is 2. The Kier molecular flexibility index (Phi) is 15.5. The molecule has 0 radical (unpaired) electrons. The van der Waals surface area contributed by atoms with Gasteiger partial charge in [0.2, 0.25) is 22.0 Å². The smallest absolute Gasteiger partial charge is 0.284 e. The van der Waals surface area contributed by atoms with Gasteiger partial charge in [0.25, 0.3) is 10.4 Å². The summed E-state index contributed by atoms with van der Waals surface area (Å²) in [4.78, 5) is 36.1. The summed E-state index contributed by atoms with van der Waals surface area (Å²) in [6.07, 6.45) is 7.43. The van der Waals surface area contributed by atoms with Crippen molar-refractivity contribution in [1.82, 2.24) is 30.4 Å². The van der Waals surface area contributed by atoms with Crippen LogP contribution in [0.2, 0.25) is 0 Å². The summed E-state index contributed by atoms with van der Waals surface area (Å²) < 4.78 is 25.2. The highest BCUT2D eigenvalue weighted by Gasteiger charge is 2.30. The van der Waals surface area contributed by atoms with Crippen molar-refractivity contribution in [3.63, 3.8) is 0 Å². The van der Waals surface area contributed by atoms with E-state index in [1.807, 2.05) is 0 Å². The van der Waals surface area contributed by atoms with Gasteiger partial charge in [-0.1, -0.05) is 132 Å². The molecule has 0 spiro atoms. The zero-order valence-electron chi connectivity index (χ0n) is 46.3. The molecule has 4 heterocycles. The predicted molar refractivity (Wildman–Crippen MR) is 303 cm³/mol. The molecule has 0 aliphatic heterocycles. The Morgan fingerprint density at radius 2 is 0.769 bits per heavy atom.